The van der Waals surface area contributed by atoms with Gasteiger partial charge in [-0.2, -0.15) is 0 Å². The predicted octanol–water partition coefficient (Wildman–Crippen LogP) is 5.25. The van der Waals surface area contributed by atoms with E-state index in [9.17, 15) is 9.59 Å². The molecule has 0 fully saturated rings. The van der Waals surface area contributed by atoms with Crippen molar-refractivity contribution in [1.82, 2.24) is 4.90 Å². The summed E-state index contributed by atoms with van der Waals surface area (Å²) >= 11 is 0. The molecule has 2 aromatic carbocycles. The molecule has 0 aromatic heterocycles. The number of ether oxygens (including phenoxy) is 3. The summed E-state index contributed by atoms with van der Waals surface area (Å²) in [7, 11) is 3.06. The van der Waals surface area contributed by atoms with Gasteiger partial charge in [-0.05, 0) is 50.1 Å². The fourth-order valence-electron chi connectivity index (χ4n) is 2.76. The molecule has 0 aliphatic rings. The average Bonchev–Trinajstić information content (AvgIpc) is 2.74. The normalized spacial score (nSPS) is 12.3. The number of carbonyl (C=O) groups is 2. The summed E-state index contributed by atoms with van der Waals surface area (Å²) in [5.74, 6) is 0.294. The number of methoxy groups -OCH3 is 1. The number of hydrogen-bond donors (Lipinski definition) is 0. The topological polar surface area (TPSA) is 65.1 Å². The highest BCUT2D eigenvalue weighted by atomic mass is 16.6. The van der Waals surface area contributed by atoms with Crippen molar-refractivity contribution >= 4 is 18.1 Å². The van der Waals surface area contributed by atoms with Gasteiger partial charge in [0, 0.05) is 26.1 Å². The molecule has 0 N–H and O–H groups in total. The van der Waals surface area contributed by atoms with Crippen LogP contribution < -0.4 is 4.74 Å². The molecule has 0 spiro atoms. The number of hydrogen-bond acceptors (Lipinski definition) is 5. The molecule has 2 rings (SSSR count). The molecular formula is C25H31NO5. The van der Waals surface area contributed by atoms with Crippen molar-refractivity contribution < 1.29 is 23.8 Å². The summed E-state index contributed by atoms with van der Waals surface area (Å²) < 4.78 is 16.3. The maximum atomic E-state index is 12.3. The molecule has 6 heteroatoms. The Hall–Kier alpha value is -3.28. The van der Waals surface area contributed by atoms with Gasteiger partial charge in [0.15, 0.2) is 0 Å². The van der Waals surface area contributed by atoms with E-state index >= 15 is 0 Å². The fourth-order valence-corrected chi connectivity index (χ4v) is 2.76. The van der Waals surface area contributed by atoms with Crippen LogP contribution in [0.2, 0.25) is 0 Å². The van der Waals surface area contributed by atoms with E-state index in [0.29, 0.717) is 18.7 Å². The van der Waals surface area contributed by atoms with Crippen LogP contribution in [0, 0.1) is 0 Å². The van der Waals surface area contributed by atoms with Gasteiger partial charge in [-0.25, -0.2) is 9.59 Å². The molecule has 31 heavy (non-hydrogen) atoms. The van der Waals surface area contributed by atoms with Crippen LogP contribution in [0.5, 0.6) is 5.75 Å². The van der Waals surface area contributed by atoms with Crippen molar-refractivity contribution in [3.05, 3.63) is 71.8 Å². The zero-order valence-corrected chi connectivity index (χ0v) is 18.8. The van der Waals surface area contributed by atoms with Crippen LogP contribution in [0.4, 0.5) is 4.79 Å². The second-order valence-corrected chi connectivity index (χ2v) is 8.13. The zero-order chi connectivity index (χ0) is 22.9. The summed E-state index contributed by atoms with van der Waals surface area (Å²) in [6.07, 6.45) is 3.06. The SMILES string of the molecule is COC(=O)C=Cc1ccc(OC(CCN(C)C(=O)OC(C)(C)C)c2ccccc2)cc1. The molecule has 1 atom stereocenters. The Kier molecular flexibility index (Phi) is 8.67. The van der Waals surface area contributed by atoms with Gasteiger partial charge in [-0.3, -0.25) is 0 Å². The minimum atomic E-state index is -0.537. The lowest BCUT2D eigenvalue weighted by Gasteiger charge is -2.26. The van der Waals surface area contributed by atoms with Crippen LogP contribution in [0.15, 0.2) is 60.7 Å². The lowest BCUT2D eigenvalue weighted by atomic mass is 10.1. The smallest absolute Gasteiger partial charge is 0.410 e. The Morgan fingerprint density at radius 2 is 1.68 bits per heavy atom. The number of carbonyl (C=O) groups excluding carboxylic acids is 2. The zero-order valence-electron chi connectivity index (χ0n) is 18.8. The van der Waals surface area contributed by atoms with Crippen LogP contribution >= 0.6 is 0 Å². The number of esters is 1. The van der Waals surface area contributed by atoms with Crippen molar-refractivity contribution in [2.75, 3.05) is 20.7 Å². The van der Waals surface area contributed by atoms with E-state index in [1.807, 2.05) is 75.4 Å². The van der Waals surface area contributed by atoms with Gasteiger partial charge in [0.25, 0.3) is 0 Å². The Morgan fingerprint density at radius 3 is 2.26 bits per heavy atom. The largest absolute Gasteiger partial charge is 0.486 e. The third kappa shape index (κ3) is 8.54. The summed E-state index contributed by atoms with van der Waals surface area (Å²) in [6.45, 7) is 6.02. The molecule has 1 unspecified atom stereocenters. The second-order valence-electron chi connectivity index (χ2n) is 8.13. The molecule has 6 nitrogen and oxygen atoms in total. The standard InChI is InChI=1S/C25H31NO5/c1-25(2,3)31-24(28)26(4)18-17-22(20-9-7-6-8-10-20)30-21-14-11-19(12-15-21)13-16-23(27)29-5/h6-16,22H,17-18H2,1-5H3. The number of amides is 1. The molecule has 2 aromatic rings. The fraction of sp³-hybridized carbons (Fsp3) is 0.360. The highest BCUT2D eigenvalue weighted by Crippen LogP contribution is 2.26. The van der Waals surface area contributed by atoms with Gasteiger partial charge in [-0.15, -0.1) is 0 Å². The minimum Gasteiger partial charge on any atom is -0.486 e. The van der Waals surface area contributed by atoms with Crippen molar-refractivity contribution in [3.63, 3.8) is 0 Å². The maximum Gasteiger partial charge on any atom is 0.410 e. The third-order valence-electron chi connectivity index (χ3n) is 4.37. The van der Waals surface area contributed by atoms with Gasteiger partial charge in [-0.1, -0.05) is 42.5 Å². The molecule has 0 aliphatic heterocycles. The number of benzene rings is 2. The highest BCUT2D eigenvalue weighted by molar-refractivity contribution is 5.86. The first-order valence-electron chi connectivity index (χ1n) is 10.2. The molecule has 0 aliphatic carbocycles. The second kappa shape index (κ2) is 11.2. The van der Waals surface area contributed by atoms with E-state index in [-0.39, 0.29) is 12.2 Å². The lowest BCUT2D eigenvalue weighted by molar-refractivity contribution is -0.134. The molecular weight excluding hydrogens is 394 g/mol. The first kappa shape index (κ1) is 24.0. The van der Waals surface area contributed by atoms with Gasteiger partial charge < -0.3 is 19.1 Å². The molecule has 0 saturated carbocycles. The van der Waals surface area contributed by atoms with Gasteiger partial charge in [0.2, 0.25) is 0 Å². The Bertz CT molecular complexity index is 869. The minimum absolute atomic E-state index is 0.234. The maximum absolute atomic E-state index is 12.3. The van der Waals surface area contributed by atoms with Gasteiger partial charge in [0.1, 0.15) is 17.5 Å². The number of nitrogens with zero attached hydrogens (tertiary/aromatic N) is 1. The van der Waals surface area contributed by atoms with Crippen LogP contribution in [0.3, 0.4) is 0 Å². The summed E-state index contributed by atoms with van der Waals surface area (Å²) in [5.41, 5.74) is 1.35. The van der Waals surface area contributed by atoms with Crippen molar-refractivity contribution in [2.24, 2.45) is 0 Å². The quantitative estimate of drug-likeness (QED) is 0.427. The molecule has 0 bridgehead atoms. The average molecular weight is 426 g/mol. The van der Waals surface area contributed by atoms with Crippen LogP contribution in [-0.2, 0) is 14.3 Å². The first-order chi connectivity index (χ1) is 14.7. The van der Waals surface area contributed by atoms with Crippen molar-refractivity contribution in [1.29, 1.82) is 0 Å². The molecule has 1 amide bonds. The number of rotatable bonds is 8. The van der Waals surface area contributed by atoms with Crippen molar-refractivity contribution in [3.8, 4) is 5.75 Å². The third-order valence-corrected chi connectivity index (χ3v) is 4.37. The lowest BCUT2D eigenvalue weighted by Crippen LogP contribution is -2.35. The predicted molar refractivity (Wildman–Crippen MR) is 121 cm³/mol. The van der Waals surface area contributed by atoms with E-state index in [2.05, 4.69) is 4.74 Å². The molecule has 0 radical (unpaired) electrons. The molecule has 166 valence electrons. The van der Waals surface area contributed by atoms with Gasteiger partial charge >= 0.3 is 12.1 Å². The summed E-state index contributed by atoms with van der Waals surface area (Å²) in [5, 5.41) is 0. The van der Waals surface area contributed by atoms with Crippen LogP contribution in [0.1, 0.15) is 44.4 Å². The highest BCUT2D eigenvalue weighted by Gasteiger charge is 2.21. The Labute approximate surface area is 184 Å². The van der Waals surface area contributed by atoms with E-state index in [0.717, 1.165) is 11.1 Å². The Morgan fingerprint density at radius 1 is 1.03 bits per heavy atom. The summed E-state index contributed by atoms with van der Waals surface area (Å²) in [6, 6.07) is 17.3. The van der Waals surface area contributed by atoms with E-state index < -0.39 is 11.6 Å². The molecule has 0 saturated heterocycles. The van der Waals surface area contributed by atoms with Crippen LogP contribution in [0.25, 0.3) is 6.08 Å². The first-order valence-corrected chi connectivity index (χ1v) is 10.2. The molecule has 0 heterocycles. The Balaban J connectivity index is 2.06. The van der Waals surface area contributed by atoms with E-state index in [1.54, 1.807) is 18.0 Å². The van der Waals surface area contributed by atoms with Crippen LogP contribution in [-0.4, -0.2) is 43.3 Å². The van der Waals surface area contributed by atoms with E-state index in [4.69, 9.17) is 9.47 Å². The van der Waals surface area contributed by atoms with E-state index in [1.165, 1.54) is 13.2 Å². The monoisotopic (exact) mass is 425 g/mol. The summed E-state index contributed by atoms with van der Waals surface area (Å²) in [4.78, 5) is 25.1. The van der Waals surface area contributed by atoms with Crippen molar-refractivity contribution in [2.45, 2.75) is 38.9 Å². The van der Waals surface area contributed by atoms with Gasteiger partial charge in [0.05, 0.1) is 7.11 Å².